The van der Waals surface area contributed by atoms with Crippen LogP contribution in [0.1, 0.15) is 0 Å². The van der Waals surface area contributed by atoms with E-state index in [1.165, 1.54) is 20.2 Å². The summed E-state index contributed by atoms with van der Waals surface area (Å²) >= 11 is 1.82. The molecule has 4 aromatic carbocycles. The average Bonchev–Trinajstić information content (AvgIpc) is 3.18. The normalized spacial score (nSPS) is 11.4. The van der Waals surface area contributed by atoms with E-state index in [-0.39, 0.29) is 0 Å². The summed E-state index contributed by atoms with van der Waals surface area (Å²) in [5.41, 5.74) is 4.13. The van der Waals surface area contributed by atoms with Crippen LogP contribution in [-0.4, -0.2) is 9.97 Å². The summed E-state index contributed by atoms with van der Waals surface area (Å²) in [4.78, 5) is 10.0. The molecule has 2 nitrogen and oxygen atoms in total. The fourth-order valence-corrected chi connectivity index (χ4v) is 5.11. The fraction of sp³-hybridized carbons (Fsp3) is 0. The number of hydrogen-bond acceptors (Lipinski definition) is 3. The van der Waals surface area contributed by atoms with Crippen LogP contribution in [0.15, 0.2) is 97.1 Å². The topological polar surface area (TPSA) is 25.8 Å². The van der Waals surface area contributed by atoms with Gasteiger partial charge in [-0.15, -0.1) is 11.3 Å². The van der Waals surface area contributed by atoms with Gasteiger partial charge in [-0.2, -0.15) is 0 Å². The Kier molecular flexibility index (Phi) is 3.68. The Labute approximate surface area is 172 Å². The molecule has 0 aliphatic carbocycles. The van der Waals surface area contributed by atoms with Crippen LogP contribution < -0.4 is 0 Å². The molecule has 0 saturated heterocycles. The van der Waals surface area contributed by atoms with Gasteiger partial charge in [0.15, 0.2) is 5.82 Å². The lowest BCUT2D eigenvalue weighted by Crippen LogP contribution is -1.95. The van der Waals surface area contributed by atoms with Crippen molar-refractivity contribution in [1.29, 1.82) is 0 Å². The molecule has 0 amide bonds. The van der Waals surface area contributed by atoms with Crippen LogP contribution in [0.2, 0.25) is 0 Å². The number of benzene rings is 4. The van der Waals surface area contributed by atoms with E-state index in [0.717, 1.165) is 33.5 Å². The molecule has 2 heterocycles. The molecule has 0 saturated carbocycles. The lowest BCUT2D eigenvalue weighted by molar-refractivity contribution is 1.23. The summed E-state index contributed by atoms with van der Waals surface area (Å²) in [6.07, 6.45) is 0. The second-order valence-corrected chi connectivity index (χ2v) is 8.14. The molecule has 0 N–H and O–H groups in total. The Morgan fingerprint density at radius 2 is 1.28 bits per heavy atom. The maximum atomic E-state index is 5.07. The van der Waals surface area contributed by atoms with Crippen molar-refractivity contribution in [1.82, 2.24) is 9.97 Å². The minimum atomic E-state index is 0.775. The number of para-hydroxylation sites is 1. The van der Waals surface area contributed by atoms with Crippen LogP contribution in [0.25, 0.3) is 53.7 Å². The van der Waals surface area contributed by atoms with E-state index in [1.54, 1.807) is 0 Å². The zero-order valence-electron chi connectivity index (χ0n) is 15.5. The summed E-state index contributed by atoms with van der Waals surface area (Å²) in [5.74, 6) is 0.775. The van der Waals surface area contributed by atoms with Crippen LogP contribution in [0.4, 0.5) is 0 Å². The molecule has 0 spiro atoms. The Hall–Kier alpha value is -3.56. The molecule has 6 aromatic rings. The van der Waals surface area contributed by atoms with Crippen molar-refractivity contribution in [2.75, 3.05) is 0 Å². The minimum Gasteiger partial charge on any atom is -0.228 e. The third kappa shape index (κ3) is 2.63. The lowest BCUT2D eigenvalue weighted by Gasteiger charge is -2.10. The van der Waals surface area contributed by atoms with Crippen LogP contribution in [0, 0.1) is 0 Å². The Bertz CT molecular complexity index is 1500. The number of rotatable bonds is 2. The van der Waals surface area contributed by atoms with Gasteiger partial charge >= 0.3 is 0 Å². The molecule has 0 bridgehead atoms. The van der Waals surface area contributed by atoms with E-state index in [4.69, 9.17) is 9.97 Å². The molecule has 0 fully saturated rings. The zero-order valence-corrected chi connectivity index (χ0v) is 16.4. The van der Waals surface area contributed by atoms with Gasteiger partial charge in [0.25, 0.3) is 0 Å². The summed E-state index contributed by atoms with van der Waals surface area (Å²) in [5, 5.41) is 3.58. The third-order valence-electron chi connectivity index (χ3n) is 5.29. The highest BCUT2D eigenvalue weighted by Gasteiger charge is 2.15. The molecular formula is C26H16N2S. The number of nitrogens with zero attached hydrogens (tertiary/aromatic N) is 2. The number of fused-ring (bicyclic) bond motifs is 4. The average molecular weight is 388 g/mol. The SMILES string of the molecule is c1ccc(-c2nc(-c3cccc4sc5ccccc5c34)nc3ccccc23)cc1. The van der Waals surface area contributed by atoms with Crippen LogP contribution >= 0.6 is 11.3 Å². The summed E-state index contributed by atoms with van der Waals surface area (Å²) in [6, 6.07) is 33.6. The van der Waals surface area contributed by atoms with E-state index >= 15 is 0 Å². The first-order valence-corrected chi connectivity index (χ1v) is 10.4. The number of aromatic nitrogens is 2. The highest BCUT2D eigenvalue weighted by Crippen LogP contribution is 2.39. The van der Waals surface area contributed by atoms with Gasteiger partial charge in [-0.3, -0.25) is 0 Å². The van der Waals surface area contributed by atoms with Gasteiger partial charge in [-0.1, -0.05) is 78.9 Å². The minimum absolute atomic E-state index is 0.775. The second kappa shape index (κ2) is 6.50. The molecule has 136 valence electrons. The molecule has 0 atom stereocenters. The number of hydrogen-bond donors (Lipinski definition) is 0. The first kappa shape index (κ1) is 16.4. The van der Waals surface area contributed by atoms with E-state index in [9.17, 15) is 0 Å². The highest BCUT2D eigenvalue weighted by molar-refractivity contribution is 7.25. The molecule has 0 unspecified atom stereocenters. The van der Waals surface area contributed by atoms with Crippen LogP contribution in [-0.2, 0) is 0 Å². The smallest absolute Gasteiger partial charge is 0.161 e. The summed E-state index contributed by atoms with van der Waals surface area (Å²) in [6.45, 7) is 0. The van der Waals surface area contributed by atoms with Crippen LogP contribution in [0.3, 0.4) is 0 Å². The van der Waals surface area contributed by atoms with Crippen molar-refractivity contribution in [3.63, 3.8) is 0 Å². The van der Waals surface area contributed by atoms with Gasteiger partial charge in [-0.25, -0.2) is 9.97 Å². The lowest BCUT2D eigenvalue weighted by atomic mass is 10.0. The first-order chi connectivity index (χ1) is 14.4. The van der Waals surface area contributed by atoms with Crippen LogP contribution in [0.5, 0.6) is 0 Å². The van der Waals surface area contributed by atoms with Crippen molar-refractivity contribution in [3.05, 3.63) is 97.1 Å². The Balaban J connectivity index is 1.71. The molecule has 0 aliphatic rings. The van der Waals surface area contributed by atoms with E-state index in [0.29, 0.717) is 0 Å². The van der Waals surface area contributed by atoms with Gasteiger partial charge in [0, 0.05) is 36.7 Å². The summed E-state index contributed by atoms with van der Waals surface area (Å²) < 4.78 is 2.56. The van der Waals surface area contributed by atoms with Gasteiger partial charge in [0.2, 0.25) is 0 Å². The maximum absolute atomic E-state index is 5.07. The van der Waals surface area contributed by atoms with Gasteiger partial charge in [0.1, 0.15) is 0 Å². The number of thiophene rings is 1. The van der Waals surface area contributed by atoms with Crippen molar-refractivity contribution in [2.45, 2.75) is 0 Å². The second-order valence-electron chi connectivity index (χ2n) is 7.06. The molecule has 6 rings (SSSR count). The van der Waals surface area contributed by atoms with E-state index < -0.39 is 0 Å². The molecular weight excluding hydrogens is 372 g/mol. The first-order valence-electron chi connectivity index (χ1n) is 9.61. The molecule has 0 aliphatic heterocycles. The van der Waals surface area contributed by atoms with E-state index in [1.807, 2.05) is 29.5 Å². The standard InChI is InChI=1S/C26H16N2S/c1-2-9-17(10-3-1)25-18-11-4-6-14-21(18)27-26(28-25)20-13-8-16-23-24(20)19-12-5-7-15-22(19)29-23/h1-16H. The Morgan fingerprint density at radius 3 is 2.17 bits per heavy atom. The maximum Gasteiger partial charge on any atom is 0.161 e. The third-order valence-corrected chi connectivity index (χ3v) is 6.43. The van der Waals surface area contributed by atoms with Gasteiger partial charge < -0.3 is 0 Å². The quantitative estimate of drug-likeness (QED) is 0.310. The highest BCUT2D eigenvalue weighted by atomic mass is 32.1. The predicted molar refractivity (Wildman–Crippen MR) is 123 cm³/mol. The molecule has 0 radical (unpaired) electrons. The van der Waals surface area contributed by atoms with Crippen molar-refractivity contribution in [3.8, 4) is 22.6 Å². The molecule has 29 heavy (non-hydrogen) atoms. The molecule has 2 aromatic heterocycles. The Morgan fingerprint density at radius 1 is 0.552 bits per heavy atom. The summed E-state index contributed by atoms with van der Waals surface area (Å²) in [7, 11) is 0. The van der Waals surface area contributed by atoms with Crippen molar-refractivity contribution < 1.29 is 0 Å². The molecule has 3 heteroatoms. The predicted octanol–water partition coefficient (Wildman–Crippen LogP) is 7.33. The fourth-order valence-electron chi connectivity index (χ4n) is 3.97. The van der Waals surface area contributed by atoms with Crippen molar-refractivity contribution in [2.24, 2.45) is 0 Å². The largest absolute Gasteiger partial charge is 0.228 e. The van der Waals surface area contributed by atoms with E-state index in [2.05, 4.69) is 78.9 Å². The van der Waals surface area contributed by atoms with Gasteiger partial charge in [-0.05, 0) is 18.2 Å². The zero-order chi connectivity index (χ0) is 19.2. The van der Waals surface area contributed by atoms with Crippen molar-refractivity contribution >= 4 is 42.4 Å². The monoisotopic (exact) mass is 388 g/mol. The van der Waals surface area contributed by atoms with Gasteiger partial charge in [0.05, 0.1) is 11.2 Å².